The molecular formula is C29H36N2O2. The predicted molar refractivity (Wildman–Crippen MR) is 137 cm³/mol. The second-order valence-corrected chi connectivity index (χ2v) is 8.85. The summed E-state index contributed by atoms with van der Waals surface area (Å²) in [5.74, 6) is -0.0421. The first-order chi connectivity index (χ1) is 16.1. The molecule has 0 bridgehead atoms. The second kappa shape index (κ2) is 12.9. The van der Waals surface area contributed by atoms with Gasteiger partial charge in [-0.2, -0.15) is 0 Å². The van der Waals surface area contributed by atoms with Crippen molar-refractivity contribution in [3.63, 3.8) is 0 Å². The Morgan fingerprint density at radius 3 is 2.39 bits per heavy atom. The molecule has 0 aliphatic rings. The Morgan fingerprint density at radius 1 is 0.939 bits per heavy atom. The smallest absolute Gasteiger partial charge is 0.223 e. The minimum atomic E-state index is -0.149. The third-order valence-corrected chi connectivity index (χ3v) is 6.08. The molecule has 4 heteroatoms. The lowest BCUT2D eigenvalue weighted by molar-refractivity contribution is -0.125. The number of nitrogens with one attached hydrogen (secondary N) is 1. The van der Waals surface area contributed by atoms with E-state index >= 15 is 0 Å². The molecule has 0 aliphatic heterocycles. The highest BCUT2D eigenvalue weighted by atomic mass is 16.3. The minimum absolute atomic E-state index is 0.00179. The van der Waals surface area contributed by atoms with Gasteiger partial charge in [0.05, 0.1) is 6.04 Å². The fourth-order valence-corrected chi connectivity index (χ4v) is 4.07. The molecule has 1 amide bonds. The van der Waals surface area contributed by atoms with Gasteiger partial charge in [0, 0.05) is 18.4 Å². The lowest BCUT2D eigenvalue weighted by Crippen LogP contribution is -2.38. The van der Waals surface area contributed by atoms with Gasteiger partial charge in [0.2, 0.25) is 5.91 Å². The normalized spacial score (nSPS) is 14.3. The number of rotatable bonds is 12. The zero-order chi connectivity index (χ0) is 23.5. The summed E-state index contributed by atoms with van der Waals surface area (Å²) in [6.45, 7) is 2.61. The second-order valence-electron chi connectivity index (χ2n) is 8.85. The number of benzene rings is 3. The summed E-state index contributed by atoms with van der Waals surface area (Å²) in [6, 6.07) is 24.8. The average molecular weight is 445 g/mol. The monoisotopic (exact) mass is 444 g/mol. The molecule has 0 saturated carbocycles. The van der Waals surface area contributed by atoms with Crippen molar-refractivity contribution >= 4 is 16.7 Å². The molecule has 0 heterocycles. The van der Waals surface area contributed by atoms with E-state index in [4.69, 9.17) is 5.73 Å². The van der Waals surface area contributed by atoms with Crippen molar-refractivity contribution in [3.05, 3.63) is 96.1 Å². The molecule has 0 spiro atoms. The van der Waals surface area contributed by atoms with Gasteiger partial charge in [0.25, 0.3) is 0 Å². The maximum atomic E-state index is 12.8. The largest absolute Gasteiger partial charge is 0.396 e. The number of carbonyl (C=O) groups excluding carboxylic acids is 1. The molecule has 4 nitrogen and oxygen atoms in total. The van der Waals surface area contributed by atoms with Crippen molar-refractivity contribution in [2.45, 2.75) is 38.6 Å². The van der Waals surface area contributed by atoms with Gasteiger partial charge in [-0.05, 0) is 54.1 Å². The van der Waals surface area contributed by atoms with Crippen molar-refractivity contribution in [2.75, 3.05) is 13.2 Å². The first kappa shape index (κ1) is 24.7. The van der Waals surface area contributed by atoms with E-state index in [2.05, 4.69) is 47.8 Å². The van der Waals surface area contributed by atoms with E-state index in [0.29, 0.717) is 13.0 Å². The van der Waals surface area contributed by atoms with Crippen LogP contribution in [0.3, 0.4) is 0 Å². The molecule has 0 fully saturated rings. The number of hydrogen-bond donors (Lipinski definition) is 3. The van der Waals surface area contributed by atoms with E-state index in [-0.39, 0.29) is 30.4 Å². The van der Waals surface area contributed by atoms with Crippen LogP contribution < -0.4 is 11.1 Å². The van der Waals surface area contributed by atoms with Gasteiger partial charge in [-0.15, -0.1) is 0 Å². The Balaban J connectivity index is 1.75. The van der Waals surface area contributed by atoms with Crippen LogP contribution in [0.2, 0.25) is 0 Å². The molecule has 33 heavy (non-hydrogen) atoms. The van der Waals surface area contributed by atoms with Crippen LogP contribution in [0.1, 0.15) is 30.9 Å². The SMILES string of the molecule is C[C@@H](CCCN)C(=O)N[C@@H](/C=C/C(CO)Cc1ccccc1)Cc1ccc2ccccc2c1. The highest BCUT2D eigenvalue weighted by molar-refractivity contribution is 5.83. The lowest BCUT2D eigenvalue weighted by atomic mass is 9.96. The topological polar surface area (TPSA) is 75.4 Å². The van der Waals surface area contributed by atoms with Crippen molar-refractivity contribution in [1.29, 1.82) is 0 Å². The first-order valence-corrected chi connectivity index (χ1v) is 11.9. The Bertz CT molecular complexity index is 1030. The Kier molecular flexibility index (Phi) is 9.67. The highest BCUT2D eigenvalue weighted by Gasteiger charge is 2.17. The third kappa shape index (κ3) is 7.85. The molecular weight excluding hydrogens is 408 g/mol. The first-order valence-electron chi connectivity index (χ1n) is 11.9. The van der Waals surface area contributed by atoms with E-state index in [1.54, 1.807) is 0 Å². The summed E-state index contributed by atoms with van der Waals surface area (Å²) in [7, 11) is 0. The summed E-state index contributed by atoms with van der Waals surface area (Å²) in [5.41, 5.74) is 7.97. The Hall–Kier alpha value is -2.95. The standard InChI is InChI=1S/C29H36N2O2/c1-22(8-7-17-30)29(33)31-28(16-14-25(21-32)18-23-9-3-2-4-10-23)20-24-13-15-26-11-5-6-12-27(26)19-24/h2-6,9-16,19,22,25,28,32H,7-8,17-18,20-21,30H2,1H3,(H,31,33)/b16-14+/t22-,25?,28-/m0/s1. The summed E-state index contributed by atoms with van der Waals surface area (Å²) in [4.78, 5) is 12.8. The Morgan fingerprint density at radius 2 is 1.67 bits per heavy atom. The zero-order valence-electron chi connectivity index (χ0n) is 19.5. The van der Waals surface area contributed by atoms with Crippen molar-refractivity contribution < 1.29 is 9.90 Å². The fourth-order valence-electron chi connectivity index (χ4n) is 4.07. The number of fused-ring (bicyclic) bond motifs is 1. The van der Waals surface area contributed by atoms with Gasteiger partial charge < -0.3 is 16.2 Å². The predicted octanol–water partition coefficient (Wildman–Crippen LogP) is 4.65. The molecule has 3 aromatic carbocycles. The van der Waals surface area contributed by atoms with Crippen molar-refractivity contribution in [2.24, 2.45) is 17.6 Å². The number of amides is 1. The number of nitrogens with two attached hydrogens (primary N) is 1. The minimum Gasteiger partial charge on any atom is -0.396 e. The van der Waals surface area contributed by atoms with Crippen LogP contribution >= 0.6 is 0 Å². The summed E-state index contributed by atoms with van der Waals surface area (Å²) < 4.78 is 0. The lowest BCUT2D eigenvalue weighted by Gasteiger charge is -2.20. The van der Waals surface area contributed by atoms with Gasteiger partial charge in [0.1, 0.15) is 0 Å². The van der Waals surface area contributed by atoms with Gasteiger partial charge in [0.15, 0.2) is 0 Å². The van der Waals surface area contributed by atoms with Gasteiger partial charge in [-0.3, -0.25) is 4.79 Å². The third-order valence-electron chi connectivity index (χ3n) is 6.08. The van der Waals surface area contributed by atoms with E-state index in [1.807, 2.05) is 49.4 Å². The molecule has 0 radical (unpaired) electrons. The van der Waals surface area contributed by atoms with Crippen molar-refractivity contribution in [1.82, 2.24) is 5.32 Å². The molecule has 3 atom stereocenters. The van der Waals surface area contributed by atoms with Gasteiger partial charge >= 0.3 is 0 Å². The molecule has 174 valence electrons. The van der Waals surface area contributed by atoms with E-state index in [9.17, 15) is 9.90 Å². The molecule has 3 rings (SSSR count). The van der Waals surface area contributed by atoms with Crippen LogP contribution in [-0.4, -0.2) is 30.2 Å². The maximum absolute atomic E-state index is 12.8. The van der Waals surface area contributed by atoms with Crippen LogP contribution in [0.5, 0.6) is 0 Å². The highest BCUT2D eigenvalue weighted by Crippen LogP contribution is 2.18. The molecule has 1 unspecified atom stereocenters. The van der Waals surface area contributed by atoms with Crippen LogP contribution in [0.25, 0.3) is 10.8 Å². The van der Waals surface area contributed by atoms with E-state index in [1.165, 1.54) is 21.9 Å². The Labute approximate surface area is 197 Å². The van der Waals surface area contributed by atoms with E-state index in [0.717, 1.165) is 19.3 Å². The molecule has 4 N–H and O–H groups in total. The zero-order valence-corrected chi connectivity index (χ0v) is 19.5. The molecule has 0 aliphatic carbocycles. The van der Waals surface area contributed by atoms with E-state index < -0.39 is 0 Å². The van der Waals surface area contributed by atoms with Gasteiger partial charge in [-0.1, -0.05) is 91.9 Å². The van der Waals surface area contributed by atoms with Crippen LogP contribution in [0.4, 0.5) is 0 Å². The number of aliphatic hydroxyl groups is 1. The number of carbonyl (C=O) groups is 1. The number of hydrogen-bond acceptors (Lipinski definition) is 3. The quantitative estimate of drug-likeness (QED) is 0.356. The van der Waals surface area contributed by atoms with Crippen LogP contribution in [0, 0.1) is 11.8 Å². The molecule has 0 aromatic heterocycles. The molecule has 0 saturated heterocycles. The van der Waals surface area contributed by atoms with Crippen LogP contribution in [-0.2, 0) is 17.6 Å². The van der Waals surface area contributed by atoms with Crippen LogP contribution in [0.15, 0.2) is 84.9 Å². The summed E-state index contributed by atoms with van der Waals surface area (Å²) in [6.07, 6.45) is 7.17. The maximum Gasteiger partial charge on any atom is 0.223 e. The fraction of sp³-hybridized carbons (Fsp3) is 0.345. The molecule has 3 aromatic rings. The average Bonchev–Trinajstić information content (AvgIpc) is 2.85. The summed E-state index contributed by atoms with van der Waals surface area (Å²) >= 11 is 0. The van der Waals surface area contributed by atoms with Gasteiger partial charge in [-0.25, -0.2) is 0 Å². The summed E-state index contributed by atoms with van der Waals surface area (Å²) in [5, 5.41) is 15.5. The number of aliphatic hydroxyl groups excluding tert-OH is 1. The van der Waals surface area contributed by atoms with Crippen molar-refractivity contribution in [3.8, 4) is 0 Å².